The molecule has 0 spiro atoms. The van der Waals surface area contributed by atoms with Gasteiger partial charge in [-0.1, -0.05) is 0 Å². The molecule has 0 bridgehead atoms. The van der Waals surface area contributed by atoms with Crippen LogP contribution < -0.4 is 28.4 Å². The van der Waals surface area contributed by atoms with E-state index in [1.54, 1.807) is 18.2 Å². The molecule has 2 fully saturated rings. The minimum absolute atomic E-state index is 0.0381. The molecule has 3 aliphatic heterocycles. The molecule has 2 saturated heterocycles. The first kappa shape index (κ1) is 29.5. The van der Waals surface area contributed by atoms with Gasteiger partial charge in [0.05, 0.1) is 53.7 Å². The van der Waals surface area contributed by atoms with Gasteiger partial charge in [0.2, 0.25) is 18.3 Å². The van der Waals surface area contributed by atoms with Crippen molar-refractivity contribution < 1.29 is 67.9 Å². The summed E-state index contributed by atoms with van der Waals surface area (Å²) >= 11 is 0. The molecule has 234 valence electrons. The van der Waals surface area contributed by atoms with Gasteiger partial charge in [-0.2, -0.15) is 0 Å². The van der Waals surface area contributed by atoms with Crippen molar-refractivity contribution in [3.8, 4) is 34.5 Å². The van der Waals surface area contributed by atoms with Gasteiger partial charge in [-0.25, -0.2) is 0 Å². The van der Waals surface area contributed by atoms with Crippen molar-refractivity contribution in [3.05, 3.63) is 34.9 Å². The fourth-order valence-electron chi connectivity index (χ4n) is 6.58. The van der Waals surface area contributed by atoms with Gasteiger partial charge in [-0.15, -0.1) is 0 Å². The normalized spacial score (nSPS) is 32.5. The van der Waals surface area contributed by atoms with Crippen molar-refractivity contribution in [1.29, 1.82) is 0 Å². The first-order chi connectivity index (χ1) is 20.8. The molecule has 2 aromatic carbocycles. The summed E-state index contributed by atoms with van der Waals surface area (Å²) in [5.41, 5.74) is 1.73. The Morgan fingerprint density at radius 3 is 2.19 bits per heavy atom. The highest BCUT2D eigenvalue weighted by Gasteiger charge is 2.56. The third kappa shape index (κ3) is 4.60. The third-order valence-corrected chi connectivity index (χ3v) is 8.59. The molecule has 0 radical (unpaired) electrons. The Bertz CT molecular complexity index is 1350. The maximum Gasteiger partial charge on any atom is 0.310 e. The van der Waals surface area contributed by atoms with E-state index in [0.29, 0.717) is 45.4 Å². The van der Waals surface area contributed by atoms with Crippen molar-refractivity contribution in [3.63, 3.8) is 0 Å². The van der Waals surface area contributed by atoms with Crippen LogP contribution in [0.25, 0.3) is 0 Å². The molecule has 0 aromatic heterocycles. The summed E-state index contributed by atoms with van der Waals surface area (Å²) in [6.45, 7) is -0.731. The van der Waals surface area contributed by atoms with Gasteiger partial charge in [0.1, 0.15) is 24.4 Å². The molecule has 14 heteroatoms. The summed E-state index contributed by atoms with van der Waals surface area (Å²) in [5, 5.41) is 41.3. The lowest BCUT2D eigenvalue weighted by molar-refractivity contribution is -0.317. The van der Waals surface area contributed by atoms with Gasteiger partial charge in [-0.05, 0) is 29.3 Å². The summed E-state index contributed by atoms with van der Waals surface area (Å²) in [7, 11) is 5.94. The number of benzene rings is 2. The first-order valence-corrected chi connectivity index (χ1v) is 13.7. The Hall–Kier alpha value is -3.53. The highest BCUT2D eigenvalue weighted by molar-refractivity contribution is 5.79. The number of carbonyl (C=O) groups excluding carboxylic acids is 1. The van der Waals surface area contributed by atoms with Crippen LogP contribution in [-0.2, 0) is 19.0 Å². The van der Waals surface area contributed by atoms with Crippen LogP contribution in [-0.4, -0.2) is 106 Å². The lowest BCUT2D eigenvalue weighted by Gasteiger charge is -2.44. The van der Waals surface area contributed by atoms with E-state index in [1.807, 2.05) is 0 Å². The molecule has 0 amide bonds. The van der Waals surface area contributed by atoms with Crippen LogP contribution >= 0.6 is 0 Å². The van der Waals surface area contributed by atoms with Crippen LogP contribution in [0.1, 0.15) is 28.7 Å². The van der Waals surface area contributed by atoms with E-state index in [9.17, 15) is 25.2 Å². The molecule has 14 nitrogen and oxygen atoms in total. The van der Waals surface area contributed by atoms with Crippen molar-refractivity contribution in [1.82, 2.24) is 0 Å². The quantitative estimate of drug-likeness (QED) is 0.300. The lowest BCUT2D eigenvalue weighted by Crippen LogP contribution is -2.59. The third-order valence-electron chi connectivity index (χ3n) is 8.59. The number of carbonyl (C=O) groups is 1. The van der Waals surface area contributed by atoms with Crippen molar-refractivity contribution in [2.75, 3.05) is 48.4 Å². The number of methoxy groups -OCH3 is 4. The van der Waals surface area contributed by atoms with E-state index >= 15 is 0 Å². The summed E-state index contributed by atoms with van der Waals surface area (Å²) in [5.74, 6) is -0.392. The first-order valence-electron chi connectivity index (χ1n) is 13.7. The van der Waals surface area contributed by atoms with Crippen LogP contribution in [0.15, 0.2) is 18.2 Å². The number of aliphatic hydroxyl groups is 4. The topological polar surface area (TPSA) is 181 Å². The Kier molecular flexibility index (Phi) is 7.91. The van der Waals surface area contributed by atoms with Gasteiger partial charge >= 0.3 is 5.97 Å². The Balaban J connectivity index is 1.54. The number of ether oxygens (including phenoxy) is 9. The zero-order chi connectivity index (χ0) is 30.6. The van der Waals surface area contributed by atoms with Gasteiger partial charge in [0.25, 0.3) is 0 Å². The van der Waals surface area contributed by atoms with Crippen molar-refractivity contribution in [2.45, 2.75) is 42.7 Å². The monoisotopic (exact) mass is 606 g/mol. The van der Waals surface area contributed by atoms with E-state index in [0.717, 1.165) is 0 Å². The summed E-state index contributed by atoms with van der Waals surface area (Å²) in [6.07, 6.45) is -8.59. The number of hydrogen-bond acceptors (Lipinski definition) is 14. The number of cyclic esters (lactones) is 1. The van der Waals surface area contributed by atoms with E-state index in [-0.39, 0.29) is 19.1 Å². The molecular formula is C29H34O14. The lowest BCUT2D eigenvalue weighted by atomic mass is 9.65. The maximum atomic E-state index is 13.5. The molecular weight excluding hydrogens is 572 g/mol. The van der Waals surface area contributed by atoms with Gasteiger partial charge in [0.15, 0.2) is 29.3 Å². The number of esters is 1. The van der Waals surface area contributed by atoms with E-state index in [1.165, 1.54) is 28.4 Å². The predicted molar refractivity (Wildman–Crippen MR) is 143 cm³/mol. The number of aliphatic hydroxyl groups excluding tert-OH is 4. The molecule has 1 aliphatic carbocycles. The van der Waals surface area contributed by atoms with Crippen molar-refractivity contribution >= 4 is 5.97 Å². The Labute approximate surface area is 246 Å². The highest BCUT2D eigenvalue weighted by Crippen LogP contribution is 2.60. The maximum absolute atomic E-state index is 13.5. The fraction of sp³-hybridized carbons (Fsp3) is 0.552. The van der Waals surface area contributed by atoms with E-state index in [4.69, 9.17) is 42.6 Å². The van der Waals surface area contributed by atoms with Crippen LogP contribution in [0.5, 0.6) is 34.5 Å². The summed E-state index contributed by atoms with van der Waals surface area (Å²) in [6, 6.07) is 5.27. The molecule has 2 unspecified atom stereocenters. The average Bonchev–Trinajstić information content (AvgIpc) is 3.65. The molecule has 43 heavy (non-hydrogen) atoms. The summed E-state index contributed by atoms with van der Waals surface area (Å²) < 4.78 is 51.7. The molecule has 4 N–H and O–H groups in total. The zero-order valence-electron chi connectivity index (χ0n) is 23.9. The minimum atomic E-state index is -1.68. The van der Waals surface area contributed by atoms with Crippen LogP contribution in [0.4, 0.5) is 0 Å². The van der Waals surface area contributed by atoms with Gasteiger partial charge in [-0.3, -0.25) is 4.79 Å². The Morgan fingerprint density at radius 2 is 1.56 bits per heavy atom. The van der Waals surface area contributed by atoms with Gasteiger partial charge < -0.3 is 63.1 Å². The minimum Gasteiger partial charge on any atom is -0.493 e. The second-order valence-corrected chi connectivity index (χ2v) is 10.7. The molecule has 4 aliphatic rings. The molecule has 9 atom stereocenters. The molecule has 6 rings (SSSR count). The van der Waals surface area contributed by atoms with Crippen LogP contribution in [0.2, 0.25) is 0 Å². The smallest absolute Gasteiger partial charge is 0.310 e. The fourth-order valence-corrected chi connectivity index (χ4v) is 6.58. The summed E-state index contributed by atoms with van der Waals surface area (Å²) in [4.78, 5) is 13.5. The zero-order valence-corrected chi connectivity index (χ0v) is 23.9. The average molecular weight is 607 g/mol. The SMILES string of the molecule is COc1cc([C@@H]2c3cc4c(c(OC)c3[C@@H](O[C@@H]3O[C@H](CO)[C@@H](O)[C@H](O)[C@H]3O)C3COC(=O)C32)OCO4)cc(OC)c1OC. The van der Waals surface area contributed by atoms with Crippen molar-refractivity contribution in [2.24, 2.45) is 11.8 Å². The number of fused-ring (bicyclic) bond motifs is 3. The molecule has 2 aromatic rings. The second kappa shape index (κ2) is 11.5. The number of rotatable bonds is 8. The number of hydrogen-bond donors (Lipinski definition) is 4. The largest absolute Gasteiger partial charge is 0.493 e. The standard InChI is InChI=1S/C29H34O14/c1-35-14-5-11(6-15(36-2)25(14)37-3)18-12-7-16-26(41-10-40-16)27(38-4)20(12)24(13-9-39-28(34)19(13)18)43-29-23(33)22(32)21(31)17(8-30)42-29/h5-7,13,17-19,21-24,29-33H,8-10H2,1-4H3/t13?,17-,18-,19?,21-,22+,23-,24+,29+/m1/s1. The molecule has 0 saturated carbocycles. The Morgan fingerprint density at radius 1 is 0.860 bits per heavy atom. The van der Waals surface area contributed by atoms with Crippen LogP contribution in [0.3, 0.4) is 0 Å². The molecule has 3 heterocycles. The predicted octanol–water partition coefficient (Wildman–Crippen LogP) is 0.242. The second-order valence-electron chi connectivity index (χ2n) is 10.7. The van der Waals surface area contributed by atoms with E-state index < -0.39 is 67.1 Å². The highest BCUT2D eigenvalue weighted by atomic mass is 16.7. The van der Waals surface area contributed by atoms with Crippen LogP contribution in [0, 0.1) is 11.8 Å². The van der Waals surface area contributed by atoms with Gasteiger partial charge in [0, 0.05) is 17.4 Å². The van der Waals surface area contributed by atoms with E-state index in [2.05, 4.69) is 0 Å².